The number of amides is 1. The molecule has 168 valence electrons. The summed E-state index contributed by atoms with van der Waals surface area (Å²) >= 11 is 0. The molecule has 0 unspecified atom stereocenters. The Morgan fingerprint density at radius 3 is 2.66 bits per heavy atom. The summed E-state index contributed by atoms with van der Waals surface area (Å²) in [5.41, 5.74) is 2.10. The predicted octanol–water partition coefficient (Wildman–Crippen LogP) is 1.57. The molecule has 1 aliphatic heterocycles. The average molecular weight is 437 g/mol. The van der Waals surface area contributed by atoms with Crippen LogP contribution in [-0.4, -0.2) is 87.0 Å². The van der Waals surface area contributed by atoms with Gasteiger partial charge in [0.1, 0.15) is 5.75 Å². The van der Waals surface area contributed by atoms with Gasteiger partial charge in [-0.25, -0.2) is 4.98 Å². The summed E-state index contributed by atoms with van der Waals surface area (Å²) in [4.78, 5) is 26.3. The van der Waals surface area contributed by atoms with Gasteiger partial charge < -0.3 is 19.9 Å². The largest absolute Gasteiger partial charge is 0.497 e. The second-order valence-electron chi connectivity index (χ2n) is 8.58. The highest BCUT2D eigenvalue weighted by Gasteiger charge is 2.33. The number of rotatable bonds is 5. The molecule has 3 heterocycles. The summed E-state index contributed by atoms with van der Waals surface area (Å²) in [6, 6.07) is 7.75. The lowest BCUT2D eigenvalue weighted by molar-refractivity contribution is -0.136. The normalized spacial score (nSPS) is 21.8. The fourth-order valence-corrected chi connectivity index (χ4v) is 4.50. The first kappa shape index (κ1) is 20.6. The fourth-order valence-electron chi connectivity index (χ4n) is 4.50. The van der Waals surface area contributed by atoms with Crippen molar-refractivity contribution in [2.75, 3.05) is 45.7 Å². The molecule has 0 spiro atoms. The summed E-state index contributed by atoms with van der Waals surface area (Å²) in [5.74, 6) is 1.68. The molecule has 1 aromatic carbocycles. The first-order valence-corrected chi connectivity index (χ1v) is 11.1. The van der Waals surface area contributed by atoms with Crippen molar-refractivity contribution in [3.8, 4) is 11.4 Å². The Labute approximate surface area is 186 Å². The summed E-state index contributed by atoms with van der Waals surface area (Å²) in [5, 5.41) is 11.8. The summed E-state index contributed by atoms with van der Waals surface area (Å²) < 4.78 is 6.92. The molecule has 2 atom stereocenters. The van der Waals surface area contributed by atoms with E-state index in [0.29, 0.717) is 23.0 Å². The lowest BCUT2D eigenvalue weighted by Gasteiger charge is -2.34. The number of piperazine rings is 1. The number of hydrogen-bond donors (Lipinski definition) is 1. The molecular formula is C22H28N8O2. The van der Waals surface area contributed by atoms with Crippen LogP contribution in [0.5, 0.6) is 5.75 Å². The van der Waals surface area contributed by atoms with Crippen LogP contribution in [0.4, 0.5) is 5.95 Å². The number of likely N-dealkylation sites (N-methyl/N-ethyl adjacent to an activating group) is 1. The van der Waals surface area contributed by atoms with Crippen molar-refractivity contribution in [2.24, 2.45) is 5.92 Å². The lowest BCUT2D eigenvalue weighted by Crippen LogP contribution is -2.48. The molecule has 2 fully saturated rings. The zero-order chi connectivity index (χ0) is 22.1. The molecule has 2 aliphatic rings. The number of nitrogens with zero attached hydrogens (tertiary/aromatic N) is 7. The quantitative estimate of drug-likeness (QED) is 0.643. The number of aromatic nitrogens is 5. The molecule has 1 aliphatic carbocycles. The van der Waals surface area contributed by atoms with E-state index >= 15 is 0 Å². The molecule has 5 rings (SSSR count). The second kappa shape index (κ2) is 8.70. The Morgan fingerprint density at radius 1 is 1.12 bits per heavy atom. The SMILES string of the molecule is COc1ccc(-n2nnc3cnc(N[C@H]4CC[C@@H](C(=O)N5CCN(C)CC5)C4)nc32)cc1. The summed E-state index contributed by atoms with van der Waals surface area (Å²) in [6.07, 6.45) is 4.32. The van der Waals surface area contributed by atoms with Crippen molar-refractivity contribution in [3.05, 3.63) is 30.5 Å². The molecule has 1 saturated carbocycles. The van der Waals surface area contributed by atoms with Crippen molar-refractivity contribution < 1.29 is 9.53 Å². The van der Waals surface area contributed by atoms with Crippen molar-refractivity contribution in [1.82, 2.24) is 34.8 Å². The molecule has 1 amide bonds. The number of carbonyl (C=O) groups excluding carboxylic acids is 1. The average Bonchev–Trinajstić information content (AvgIpc) is 3.46. The molecule has 0 bridgehead atoms. The van der Waals surface area contributed by atoms with E-state index in [0.717, 1.165) is 56.9 Å². The maximum atomic E-state index is 12.9. The van der Waals surface area contributed by atoms with Crippen molar-refractivity contribution in [2.45, 2.75) is 25.3 Å². The van der Waals surface area contributed by atoms with E-state index in [1.165, 1.54) is 0 Å². The van der Waals surface area contributed by atoms with E-state index in [1.807, 2.05) is 29.2 Å². The van der Waals surface area contributed by atoms with E-state index in [9.17, 15) is 4.79 Å². The highest BCUT2D eigenvalue weighted by atomic mass is 16.5. The zero-order valence-electron chi connectivity index (χ0n) is 18.4. The van der Waals surface area contributed by atoms with E-state index in [2.05, 4.69) is 37.5 Å². The van der Waals surface area contributed by atoms with Crippen LogP contribution in [0.3, 0.4) is 0 Å². The molecule has 10 nitrogen and oxygen atoms in total. The maximum Gasteiger partial charge on any atom is 0.225 e. The molecule has 10 heteroatoms. The van der Waals surface area contributed by atoms with Gasteiger partial charge in [-0.15, -0.1) is 5.10 Å². The number of hydrogen-bond acceptors (Lipinski definition) is 8. The lowest BCUT2D eigenvalue weighted by atomic mass is 10.1. The molecular weight excluding hydrogens is 408 g/mol. The third kappa shape index (κ3) is 4.10. The van der Waals surface area contributed by atoms with Gasteiger partial charge in [0.05, 0.1) is 19.0 Å². The van der Waals surface area contributed by atoms with Crippen LogP contribution in [0.1, 0.15) is 19.3 Å². The van der Waals surface area contributed by atoms with E-state index in [4.69, 9.17) is 4.74 Å². The van der Waals surface area contributed by atoms with Gasteiger partial charge >= 0.3 is 0 Å². The van der Waals surface area contributed by atoms with Crippen molar-refractivity contribution >= 4 is 23.0 Å². The standard InChI is InChI=1S/C22H28N8O2/c1-28-9-11-29(12-10-28)21(31)15-3-4-16(13-15)24-22-23-14-19-20(25-22)30(27-26-19)17-5-7-18(32-2)8-6-17/h5-8,14-16H,3-4,9-13H2,1-2H3,(H,23,24,25)/t15-,16+/m1/s1. The Morgan fingerprint density at radius 2 is 1.91 bits per heavy atom. The Kier molecular flexibility index (Phi) is 5.60. The van der Waals surface area contributed by atoms with Crippen LogP contribution in [0, 0.1) is 5.92 Å². The van der Waals surface area contributed by atoms with Gasteiger partial charge in [-0.3, -0.25) is 4.79 Å². The van der Waals surface area contributed by atoms with Crippen molar-refractivity contribution in [1.29, 1.82) is 0 Å². The molecule has 32 heavy (non-hydrogen) atoms. The topological polar surface area (TPSA) is 101 Å². The minimum absolute atomic E-state index is 0.0751. The molecule has 2 aromatic heterocycles. The van der Waals surface area contributed by atoms with E-state index in [1.54, 1.807) is 18.0 Å². The monoisotopic (exact) mass is 436 g/mol. The van der Waals surface area contributed by atoms with Gasteiger partial charge in [0.15, 0.2) is 11.2 Å². The highest BCUT2D eigenvalue weighted by molar-refractivity contribution is 5.79. The number of nitrogens with one attached hydrogen (secondary N) is 1. The summed E-state index contributed by atoms with van der Waals surface area (Å²) in [7, 11) is 3.74. The number of ether oxygens (including phenoxy) is 1. The number of fused-ring (bicyclic) bond motifs is 1. The second-order valence-corrected chi connectivity index (χ2v) is 8.58. The van der Waals surface area contributed by atoms with Crippen LogP contribution < -0.4 is 10.1 Å². The third-order valence-corrected chi connectivity index (χ3v) is 6.44. The molecule has 3 aromatic rings. The maximum absolute atomic E-state index is 12.9. The summed E-state index contributed by atoms with van der Waals surface area (Å²) in [6.45, 7) is 3.55. The Hall–Kier alpha value is -3.27. The van der Waals surface area contributed by atoms with Crippen molar-refractivity contribution in [3.63, 3.8) is 0 Å². The van der Waals surface area contributed by atoms with Gasteiger partial charge in [0.2, 0.25) is 11.9 Å². The third-order valence-electron chi connectivity index (χ3n) is 6.44. The minimum Gasteiger partial charge on any atom is -0.497 e. The zero-order valence-corrected chi connectivity index (χ0v) is 18.4. The van der Waals surface area contributed by atoms with Crippen LogP contribution in [0.15, 0.2) is 30.5 Å². The van der Waals surface area contributed by atoms with Crippen LogP contribution in [0.2, 0.25) is 0 Å². The smallest absolute Gasteiger partial charge is 0.225 e. The van der Waals surface area contributed by atoms with Gasteiger partial charge in [-0.1, -0.05) is 5.21 Å². The number of methoxy groups -OCH3 is 1. The number of carbonyl (C=O) groups is 1. The number of benzene rings is 1. The Balaban J connectivity index is 1.27. The fraction of sp³-hybridized carbons (Fsp3) is 0.500. The minimum atomic E-state index is 0.0751. The van der Waals surface area contributed by atoms with Crippen LogP contribution in [-0.2, 0) is 4.79 Å². The van der Waals surface area contributed by atoms with Gasteiger partial charge in [-0.2, -0.15) is 9.67 Å². The molecule has 1 N–H and O–H groups in total. The predicted molar refractivity (Wildman–Crippen MR) is 120 cm³/mol. The van der Waals surface area contributed by atoms with Crippen LogP contribution >= 0.6 is 0 Å². The van der Waals surface area contributed by atoms with E-state index in [-0.39, 0.29) is 12.0 Å². The van der Waals surface area contributed by atoms with Crippen LogP contribution in [0.25, 0.3) is 16.9 Å². The molecule has 1 saturated heterocycles. The van der Waals surface area contributed by atoms with E-state index < -0.39 is 0 Å². The van der Waals surface area contributed by atoms with Gasteiger partial charge in [-0.05, 0) is 50.6 Å². The Bertz CT molecular complexity index is 1090. The van der Waals surface area contributed by atoms with Gasteiger partial charge in [0, 0.05) is 38.1 Å². The molecule has 0 radical (unpaired) electrons. The first-order chi connectivity index (χ1) is 15.6. The highest BCUT2D eigenvalue weighted by Crippen LogP contribution is 2.29. The van der Waals surface area contributed by atoms with Gasteiger partial charge in [0.25, 0.3) is 0 Å². The first-order valence-electron chi connectivity index (χ1n) is 11.1. The number of anilines is 1.